The summed E-state index contributed by atoms with van der Waals surface area (Å²) in [5.41, 5.74) is 12.5. The maximum absolute atomic E-state index is 6.70. The Labute approximate surface area is 331 Å². The molecule has 0 radical (unpaired) electrons. The van der Waals surface area contributed by atoms with E-state index in [9.17, 15) is 0 Å². The highest BCUT2D eigenvalue weighted by Gasteiger charge is 2.49. The number of anilines is 3. The molecule has 57 heavy (non-hydrogen) atoms. The van der Waals surface area contributed by atoms with Crippen LogP contribution in [0.5, 0.6) is 11.5 Å². The molecule has 266 valence electrons. The molecule has 0 N–H and O–H groups in total. The molecular weight excluding hydrogens is 691 g/mol. The summed E-state index contributed by atoms with van der Waals surface area (Å²) in [5, 5.41) is 7.26. The van der Waals surface area contributed by atoms with E-state index in [0.717, 1.165) is 39.7 Å². The van der Waals surface area contributed by atoms with Gasteiger partial charge in [0.05, 0.1) is 16.8 Å². The van der Waals surface area contributed by atoms with Crippen molar-refractivity contribution < 1.29 is 4.74 Å². The molecule has 2 nitrogen and oxygen atoms in total. The first-order valence-corrected chi connectivity index (χ1v) is 19.7. The number of benzene rings is 10. The lowest BCUT2D eigenvalue weighted by Gasteiger charge is -2.45. The number of fused-ring (bicyclic) bond motifs is 10. The predicted octanol–water partition coefficient (Wildman–Crippen LogP) is 14.8. The summed E-state index contributed by atoms with van der Waals surface area (Å²) in [6.45, 7) is 0. The number of hydrogen-bond donors (Lipinski definition) is 0. The molecule has 1 spiro atoms. The Morgan fingerprint density at radius 2 is 0.965 bits per heavy atom. The van der Waals surface area contributed by atoms with Crippen LogP contribution < -0.4 is 9.64 Å². The number of hydrogen-bond acceptors (Lipinski definition) is 2. The number of para-hydroxylation sites is 2. The Bertz CT molecular complexity index is 3190. The van der Waals surface area contributed by atoms with Gasteiger partial charge in [0.2, 0.25) is 0 Å². The van der Waals surface area contributed by atoms with Gasteiger partial charge in [0, 0.05) is 33.2 Å². The van der Waals surface area contributed by atoms with E-state index in [-0.39, 0.29) is 0 Å². The van der Waals surface area contributed by atoms with E-state index in [2.05, 4.69) is 217 Å². The van der Waals surface area contributed by atoms with Crippen LogP contribution in [0.2, 0.25) is 0 Å². The van der Waals surface area contributed by atoms with Crippen molar-refractivity contribution >= 4 is 49.4 Å². The Morgan fingerprint density at radius 1 is 0.368 bits per heavy atom. The Hall–Kier alpha value is -7.42. The fraction of sp³-hybridized carbons (Fsp3) is 0.0182. The first-order valence-electron chi connectivity index (χ1n) is 19.7. The van der Waals surface area contributed by atoms with E-state index in [0.29, 0.717) is 0 Å². The van der Waals surface area contributed by atoms with Gasteiger partial charge < -0.3 is 9.64 Å². The molecule has 12 rings (SSSR count). The van der Waals surface area contributed by atoms with Crippen molar-refractivity contribution in [1.82, 2.24) is 0 Å². The highest BCUT2D eigenvalue weighted by atomic mass is 16.5. The van der Waals surface area contributed by atoms with Crippen LogP contribution in [0.15, 0.2) is 212 Å². The summed E-state index contributed by atoms with van der Waals surface area (Å²) < 4.78 is 6.70. The third-order valence-corrected chi connectivity index (χ3v) is 12.3. The summed E-state index contributed by atoms with van der Waals surface area (Å²) >= 11 is 0. The zero-order valence-corrected chi connectivity index (χ0v) is 31.1. The molecule has 2 heteroatoms. The van der Waals surface area contributed by atoms with Crippen molar-refractivity contribution in [2.45, 2.75) is 5.41 Å². The second kappa shape index (κ2) is 12.3. The zero-order valence-electron chi connectivity index (χ0n) is 31.1. The monoisotopic (exact) mass is 725 g/mol. The molecule has 0 atom stereocenters. The predicted molar refractivity (Wildman–Crippen MR) is 236 cm³/mol. The summed E-state index contributed by atoms with van der Waals surface area (Å²) in [7, 11) is 0. The van der Waals surface area contributed by atoms with Gasteiger partial charge >= 0.3 is 0 Å². The first-order chi connectivity index (χ1) is 28.3. The molecule has 0 amide bonds. The van der Waals surface area contributed by atoms with Gasteiger partial charge in [-0.25, -0.2) is 0 Å². The van der Waals surface area contributed by atoms with Crippen molar-refractivity contribution in [3.05, 3.63) is 235 Å². The van der Waals surface area contributed by atoms with E-state index in [1.807, 2.05) is 0 Å². The van der Waals surface area contributed by atoms with E-state index in [4.69, 9.17) is 4.74 Å². The minimum atomic E-state index is -0.602. The van der Waals surface area contributed by atoms with Crippen molar-refractivity contribution in [2.24, 2.45) is 0 Å². The average Bonchev–Trinajstić information content (AvgIpc) is 3.28. The van der Waals surface area contributed by atoms with E-state index < -0.39 is 5.41 Å². The van der Waals surface area contributed by atoms with Gasteiger partial charge in [-0.3, -0.25) is 0 Å². The van der Waals surface area contributed by atoms with Crippen molar-refractivity contribution in [2.75, 3.05) is 4.90 Å². The van der Waals surface area contributed by atoms with Crippen LogP contribution >= 0.6 is 0 Å². The number of nitrogens with zero attached hydrogens (tertiary/aromatic N) is 1. The van der Waals surface area contributed by atoms with Gasteiger partial charge in [0.15, 0.2) is 0 Å². The minimum absolute atomic E-state index is 0.602. The highest BCUT2D eigenvalue weighted by Crippen LogP contribution is 2.62. The standard InChI is InChI=1S/C55H35NO/c1-2-16-37(17-3-1)42-32-30-38-18-6-7-20-41(38)54(42)56(40-31-29-36-15-4-5-19-39(36)35-40)50-34-33-44-43-21-8-9-23-46(43)55(49-26-14-22-45(50)53(44)49)47-24-10-12-27-51(47)57-52-28-13-11-25-48(52)55/h1-35H. The largest absolute Gasteiger partial charge is 0.457 e. The van der Waals surface area contributed by atoms with Crippen LogP contribution in [-0.2, 0) is 5.41 Å². The Kier molecular flexibility index (Phi) is 6.88. The molecule has 0 aromatic heterocycles. The van der Waals surface area contributed by atoms with Gasteiger partial charge in [-0.15, -0.1) is 0 Å². The van der Waals surface area contributed by atoms with Gasteiger partial charge in [-0.05, 0) is 79.7 Å². The van der Waals surface area contributed by atoms with E-state index >= 15 is 0 Å². The molecule has 1 heterocycles. The second-order valence-electron chi connectivity index (χ2n) is 15.2. The van der Waals surface area contributed by atoms with Crippen molar-refractivity contribution in [3.8, 4) is 33.8 Å². The van der Waals surface area contributed by atoms with Crippen molar-refractivity contribution in [1.29, 1.82) is 0 Å². The maximum atomic E-state index is 6.70. The molecule has 0 bridgehead atoms. The molecule has 1 aliphatic heterocycles. The number of ether oxygens (including phenoxy) is 1. The van der Waals surface area contributed by atoms with Gasteiger partial charge in [-0.2, -0.15) is 0 Å². The molecule has 0 fully saturated rings. The van der Waals surface area contributed by atoms with Crippen LogP contribution in [0.3, 0.4) is 0 Å². The quantitative estimate of drug-likeness (QED) is 0.179. The molecule has 10 aromatic rings. The molecule has 0 saturated carbocycles. The van der Waals surface area contributed by atoms with E-state index in [1.54, 1.807) is 0 Å². The third-order valence-electron chi connectivity index (χ3n) is 12.3. The van der Waals surface area contributed by atoms with Gasteiger partial charge in [0.1, 0.15) is 11.5 Å². The van der Waals surface area contributed by atoms with E-state index in [1.165, 1.54) is 65.7 Å². The molecule has 0 saturated heterocycles. The smallest absolute Gasteiger partial charge is 0.132 e. The van der Waals surface area contributed by atoms with Crippen LogP contribution in [-0.4, -0.2) is 0 Å². The normalized spacial score (nSPS) is 13.2. The number of rotatable bonds is 4. The SMILES string of the molecule is c1ccc(-c2ccc3ccccc3c2N(c2ccc3ccccc3c2)c2ccc3c4c(cccc24)C2(c4ccccc4Oc4ccccc42)c2ccccc2-3)cc1. The Balaban J connectivity index is 1.24. The van der Waals surface area contributed by atoms with Gasteiger partial charge in [-0.1, -0.05) is 182 Å². The summed E-state index contributed by atoms with van der Waals surface area (Å²) in [6, 6.07) is 77.7. The molecule has 1 aliphatic carbocycles. The average molecular weight is 726 g/mol. The van der Waals surface area contributed by atoms with Crippen LogP contribution in [0, 0.1) is 0 Å². The van der Waals surface area contributed by atoms with Gasteiger partial charge in [0.25, 0.3) is 0 Å². The molecular formula is C55H35NO. The second-order valence-corrected chi connectivity index (χ2v) is 15.2. The summed E-state index contributed by atoms with van der Waals surface area (Å²) in [6.07, 6.45) is 0. The molecule has 2 aliphatic rings. The molecule has 10 aromatic carbocycles. The fourth-order valence-electron chi connectivity index (χ4n) is 9.94. The topological polar surface area (TPSA) is 12.5 Å². The maximum Gasteiger partial charge on any atom is 0.132 e. The summed E-state index contributed by atoms with van der Waals surface area (Å²) in [5.74, 6) is 1.78. The van der Waals surface area contributed by atoms with Crippen LogP contribution in [0.1, 0.15) is 22.3 Å². The molecule has 0 unspecified atom stereocenters. The lowest BCUT2D eigenvalue weighted by atomic mass is 9.58. The minimum Gasteiger partial charge on any atom is -0.457 e. The lowest BCUT2D eigenvalue weighted by Crippen LogP contribution is -2.36. The fourth-order valence-corrected chi connectivity index (χ4v) is 9.94. The van der Waals surface area contributed by atoms with Crippen LogP contribution in [0.25, 0.3) is 54.6 Å². The highest BCUT2D eigenvalue weighted by molar-refractivity contribution is 6.15. The first kappa shape index (κ1) is 31.9. The zero-order chi connectivity index (χ0) is 37.5. The van der Waals surface area contributed by atoms with Crippen molar-refractivity contribution in [3.63, 3.8) is 0 Å². The summed E-state index contributed by atoms with van der Waals surface area (Å²) in [4.78, 5) is 2.53. The third kappa shape index (κ3) is 4.53. The lowest BCUT2D eigenvalue weighted by molar-refractivity contribution is 0.435. The van der Waals surface area contributed by atoms with Crippen LogP contribution in [0.4, 0.5) is 17.1 Å². The Morgan fingerprint density at radius 3 is 1.77 bits per heavy atom.